The lowest BCUT2D eigenvalue weighted by Gasteiger charge is -2.09. The molecule has 1 fully saturated rings. The Balaban J connectivity index is 0.000000810. The summed E-state index contributed by atoms with van der Waals surface area (Å²) in [5.74, 6) is 0. The third-order valence-electron chi connectivity index (χ3n) is 1.86. The average molecular weight is 166 g/mol. The molecule has 10 heavy (non-hydrogen) atoms. The predicted molar refractivity (Wildman–Crippen MR) is 44.8 cm³/mol. The van der Waals surface area contributed by atoms with Crippen LogP contribution < -0.4 is 5.32 Å². The van der Waals surface area contributed by atoms with Gasteiger partial charge in [0.15, 0.2) is 0 Å². The zero-order valence-electron chi connectivity index (χ0n) is 6.43. The minimum atomic E-state index is 0. The third kappa shape index (κ3) is 3.40. The Morgan fingerprint density at radius 2 is 2.10 bits per heavy atom. The summed E-state index contributed by atoms with van der Waals surface area (Å²) in [6, 6.07) is 0. The second-order valence-electron chi connectivity index (χ2n) is 2.54. The molecule has 1 saturated heterocycles. The van der Waals surface area contributed by atoms with Crippen molar-refractivity contribution in [1.29, 1.82) is 0 Å². The average Bonchev–Trinajstić information content (AvgIpc) is 2.13. The molecule has 62 valence electrons. The van der Waals surface area contributed by atoms with Crippen LogP contribution in [0.5, 0.6) is 0 Å². The summed E-state index contributed by atoms with van der Waals surface area (Å²) in [5.41, 5.74) is 0. The van der Waals surface area contributed by atoms with E-state index in [2.05, 4.69) is 5.32 Å². The zero-order valence-corrected chi connectivity index (χ0v) is 7.25. The summed E-state index contributed by atoms with van der Waals surface area (Å²) in [5, 5.41) is 3.33. The van der Waals surface area contributed by atoms with Crippen LogP contribution in [0.4, 0.5) is 0 Å². The van der Waals surface area contributed by atoms with Crippen LogP contribution in [0.3, 0.4) is 0 Å². The SMILES string of the molecule is CO[C@H]1CCCNCC1.Cl. The van der Waals surface area contributed by atoms with Crippen molar-refractivity contribution in [2.24, 2.45) is 0 Å². The van der Waals surface area contributed by atoms with Crippen LogP contribution >= 0.6 is 12.4 Å². The van der Waals surface area contributed by atoms with E-state index < -0.39 is 0 Å². The van der Waals surface area contributed by atoms with Gasteiger partial charge in [-0.1, -0.05) is 0 Å². The normalized spacial score (nSPS) is 26.7. The van der Waals surface area contributed by atoms with Gasteiger partial charge in [-0.2, -0.15) is 0 Å². The molecule has 0 amide bonds. The standard InChI is InChI=1S/C7H15NO.ClH/c1-9-7-3-2-5-8-6-4-7;/h7-8H,2-6H2,1H3;1H/t7-;/m0./s1. The molecular weight excluding hydrogens is 150 g/mol. The summed E-state index contributed by atoms with van der Waals surface area (Å²) >= 11 is 0. The van der Waals surface area contributed by atoms with Gasteiger partial charge in [0.2, 0.25) is 0 Å². The number of hydrogen-bond acceptors (Lipinski definition) is 2. The first-order valence-electron chi connectivity index (χ1n) is 3.67. The summed E-state index contributed by atoms with van der Waals surface area (Å²) in [7, 11) is 1.80. The first kappa shape index (κ1) is 10.2. The monoisotopic (exact) mass is 165 g/mol. The van der Waals surface area contributed by atoms with E-state index in [9.17, 15) is 0 Å². The Morgan fingerprint density at radius 1 is 1.30 bits per heavy atom. The molecule has 1 rings (SSSR count). The van der Waals surface area contributed by atoms with Crippen LogP contribution in [0.15, 0.2) is 0 Å². The molecule has 0 aromatic carbocycles. The van der Waals surface area contributed by atoms with Crippen molar-refractivity contribution in [3.63, 3.8) is 0 Å². The molecule has 0 unspecified atom stereocenters. The predicted octanol–water partition coefficient (Wildman–Crippen LogP) is 1.20. The van der Waals surface area contributed by atoms with Gasteiger partial charge >= 0.3 is 0 Å². The van der Waals surface area contributed by atoms with Crippen LogP contribution in [-0.4, -0.2) is 26.3 Å². The maximum Gasteiger partial charge on any atom is 0.0584 e. The number of ether oxygens (including phenoxy) is 1. The van der Waals surface area contributed by atoms with Crippen molar-refractivity contribution in [2.75, 3.05) is 20.2 Å². The highest BCUT2D eigenvalue weighted by Crippen LogP contribution is 2.07. The highest BCUT2D eigenvalue weighted by molar-refractivity contribution is 5.85. The van der Waals surface area contributed by atoms with E-state index in [-0.39, 0.29) is 12.4 Å². The maximum atomic E-state index is 5.23. The fourth-order valence-electron chi connectivity index (χ4n) is 1.22. The minimum Gasteiger partial charge on any atom is -0.381 e. The fraction of sp³-hybridized carbons (Fsp3) is 1.00. The lowest BCUT2D eigenvalue weighted by molar-refractivity contribution is 0.0928. The Kier molecular flexibility index (Phi) is 6.08. The number of halogens is 1. The van der Waals surface area contributed by atoms with Gasteiger partial charge in [0.1, 0.15) is 0 Å². The number of methoxy groups -OCH3 is 1. The van der Waals surface area contributed by atoms with Crippen molar-refractivity contribution >= 4 is 12.4 Å². The van der Waals surface area contributed by atoms with E-state index in [1.54, 1.807) is 7.11 Å². The second kappa shape index (κ2) is 5.96. The summed E-state index contributed by atoms with van der Waals surface area (Å²) in [4.78, 5) is 0. The lowest BCUT2D eigenvalue weighted by atomic mass is 10.2. The number of nitrogens with one attached hydrogen (secondary N) is 1. The molecule has 3 heteroatoms. The molecule has 1 N–H and O–H groups in total. The van der Waals surface area contributed by atoms with Gasteiger partial charge in [0.25, 0.3) is 0 Å². The zero-order chi connectivity index (χ0) is 6.53. The first-order valence-corrected chi connectivity index (χ1v) is 3.67. The van der Waals surface area contributed by atoms with Crippen molar-refractivity contribution in [2.45, 2.75) is 25.4 Å². The van der Waals surface area contributed by atoms with E-state index >= 15 is 0 Å². The molecule has 0 aliphatic carbocycles. The Labute approximate surface area is 68.7 Å². The molecule has 0 aromatic heterocycles. The van der Waals surface area contributed by atoms with Crippen molar-refractivity contribution in [1.82, 2.24) is 5.32 Å². The molecule has 1 aliphatic rings. The van der Waals surface area contributed by atoms with E-state index in [4.69, 9.17) is 4.74 Å². The van der Waals surface area contributed by atoms with Gasteiger partial charge in [-0.25, -0.2) is 0 Å². The van der Waals surface area contributed by atoms with E-state index in [1.165, 1.54) is 25.8 Å². The van der Waals surface area contributed by atoms with Crippen molar-refractivity contribution < 1.29 is 4.74 Å². The maximum absolute atomic E-state index is 5.23. The topological polar surface area (TPSA) is 21.3 Å². The van der Waals surface area contributed by atoms with Crippen LogP contribution in [-0.2, 0) is 4.74 Å². The van der Waals surface area contributed by atoms with Crippen LogP contribution in [0.2, 0.25) is 0 Å². The van der Waals surface area contributed by atoms with Crippen LogP contribution in [0.1, 0.15) is 19.3 Å². The summed E-state index contributed by atoms with van der Waals surface area (Å²) in [6.45, 7) is 2.29. The van der Waals surface area contributed by atoms with E-state index in [0.29, 0.717) is 6.10 Å². The van der Waals surface area contributed by atoms with Gasteiger partial charge in [-0.15, -0.1) is 12.4 Å². The van der Waals surface area contributed by atoms with Gasteiger partial charge in [-0.3, -0.25) is 0 Å². The Hall–Kier alpha value is 0.210. The molecule has 2 nitrogen and oxygen atoms in total. The van der Waals surface area contributed by atoms with Crippen molar-refractivity contribution in [3.05, 3.63) is 0 Å². The number of rotatable bonds is 1. The minimum absolute atomic E-state index is 0. The van der Waals surface area contributed by atoms with Gasteiger partial charge < -0.3 is 10.1 Å². The Morgan fingerprint density at radius 3 is 2.80 bits per heavy atom. The first-order chi connectivity index (χ1) is 4.43. The molecule has 0 aromatic rings. The molecule has 0 saturated carbocycles. The van der Waals surface area contributed by atoms with Gasteiger partial charge in [0, 0.05) is 7.11 Å². The van der Waals surface area contributed by atoms with Gasteiger partial charge in [-0.05, 0) is 32.4 Å². The van der Waals surface area contributed by atoms with E-state index in [1.807, 2.05) is 0 Å². The highest BCUT2D eigenvalue weighted by atomic mass is 35.5. The van der Waals surface area contributed by atoms with E-state index in [0.717, 1.165) is 6.54 Å². The fourth-order valence-corrected chi connectivity index (χ4v) is 1.22. The molecule has 0 spiro atoms. The molecule has 1 aliphatic heterocycles. The second-order valence-corrected chi connectivity index (χ2v) is 2.54. The molecule has 1 heterocycles. The largest absolute Gasteiger partial charge is 0.381 e. The van der Waals surface area contributed by atoms with Gasteiger partial charge in [0.05, 0.1) is 6.10 Å². The molecule has 0 radical (unpaired) electrons. The Bertz CT molecular complexity index is 72.0. The lowest BCUT2D eigenvalue weighted by Crippen LogP contribution is -2.16. The number of hydrogen-bond donors (Lipinski definition) is 1. The van der Waals surface area contributed by atoms with Crippen LogP contribution in [0, 0.1) is 0 Å². The summed E-state index contributed by atoms with van der Waals surface area (Å²) < 4.78 is 5.23. The molecule has 0 bridgehead atoms. The molecule has 1 atom stereocenters. The van der Waals surface area contributed by atoms with Crippen LogP contribution in [0.25, 0.3) is 0 Å². The summed E-state index contributed by atoms with van der Waals surface area (Å²) in [6.07, 6.45) is 4.18. The molecular formula is C7H16ClNO. The third-order valence-corrected chi connectivity index (χ3v) is 1.86. The quantitative estimate of drug-likeness (QED) is 0.631. The smallest absolute Gasteiger partial charge is 0.0584 e. The van der Waals surface area contributed by atoms with Crippen molar-refractivity contribution in [3.8, 4) is 0 Å². The highest BCUT2D eigenvalue weighted by Gasteiger charge is 2.08.